The first-order valence-electron chi connectivity index (χ1n) is 10.2. The van der Waals surface area contributed by atoms with Crippen molar-refractivity contribution in [1.29, 1.82) is 0 Å². The molecule has 7 heteroatoms. The summed E-state index contributed by atoms with van der Waals surface area (Å²) in [6.07, 6.45) is 1.87. The summed E-state index contributed by atoms with van der Waals surface area (Å²) in [6.45, 7) is 4.78. The number of carbonyl (C=O) groups is 1. The van der Waals surface area contributed by atoms with Gasteiger partial charge < -0.3 is 9.84 Å². The predicted molar refractivity (Wildman–Crippen MR) is 116 cm³/mol. The summed E-state index contributed by atoms with van der Waals surface area (Å²) < 4.78 is 5.43. The van der Waals surface area contributed by atoms with E-state index in [0.29, 0.717) is 36.4 Å². The van der Waals surface area contributed by atoms with Gasteiger partial charge in [0.2, 0.25) is 17.6 Å². The number of aryl methyl sites for hydroxylation is 1. The zero-order chi connectivity index (χ0) is 20.9. The van der Waals surface area contributed by atoms with Gasteiger partial charge in [-0.15, -0.1) is 0 Å². The third kappa shape index (κ3) is 5.07. The first-order valence-corrected chi connectivity index (χ1v) is 10.6. The van der Waals surface area contributed by atoms with Crippen LogP contribution in [-0.4, -0.2) is 34.0 Å². The molecule has 0 aliphatic carbocycles. The molecule has 2 aromatic carbocycles. The Kier molecular flexibility index (Phi) is 6.45. The van der Waals surface area contributed by atoms with Gasteiger partial charge >= 0.3 is 0 Å². The summed E-state index contributed by atoms with van der Waals surface area (Å²) in [5.74, 6) is 1.18. The molecule has 1 atom stereocenters. The summed E-state index contributed by atoms with van der Waals surface area (Å²) in [7, 11) is 0. The lowest BCUT2D eigenvalue weighted by molar-refractivity contribution is -0.127. The lowest BCUT2D eigenvalue weighted by atomic mass is 9.97. The molecule has 4 rings (SSSR count). The lowest BCUT2D eigenvalue weighted by Gasteiger charge is -2.30. The Labute approximate surface area is 181 Å². The number of hydrogen-bond acceptors (Lipinski definition) is 5. The molecule has 2 heterocycles. The molecule has 156 valence electrons. The third-order valence-electron chi connectivity index (χ3n) is 5.52. The van der Waals surface area contributed by atoms with E-state index >= 15 is 0 Å². The van der Waals surface area contributed by atoms with Crippen molar-refractivity contribution in [2.75, 3.05) is 13.1 Å². The van der Waals surface area contributed by atoms with Gasteiger partial charge in [-0.1, -0.05) is 41.0 Å². The van der Waals surface area contributed by atoms with Crippen LogP contribution in [0.4, 0.5) is 0 Å². The van der Waals surface area contributed by atoms with Crippen molar-refractivity contribution >= 4 is 17.5 Å². The fourth-order valence-electron chi connectivity index (χ4n) is 3.77. The number of amides is 1. The lowest BCUT2D eigenvalue weighted by Crippen LogP contribution is -2.42. The molecule has 1 aliphatic rings. The first kappa shape index (κ1) is 20.6. The van der Waals surface area contributed by atoms with Crippen molar-refractivity contribution in [3.63, 3.8) is 0 Å². The summed E-state index contributed by atoms with van der Waals surface area (Å²) in [5.41, 5.74) is 3.21. The van der Waals surface area contributed by atoms with Crippen LogP contribution in [0, 0.1) is 12.8 Å². The van der Waals surface area contributed by atoms with Crippen LogP contribution in [-0.2, 0) is 17.9 Å². The molecule has 3 aromatic rings. The molecule has 1 aliphatic heterocycles. The van der Waals surface area contributed by atoms with E-state index in [1.54, 1.807) is 12.1 Å². The minimum absolute atomic E-state index is 0.0265. The molecule has 1 fully saturated rings. The molecule has 30 heavy (non-hydrogen) atoms. The fraction of sp³-hybridized carbons (Fsp3) is 0.348. The van der Waals surface area contributed by atoms with Crippen LogP contribution < -0.4 is 5.32 Å². The van der Waals surface area contributed by atoms with E-state index in [-0.39, 0.29) is 11.8 Å². The molecular weight excluding hydrogens is 400 g/mol. The maximum Gasteiger partial charge on any atom is 0.241 e. The van der Waals surface area contributed by atoms with Gasteiger partial charge in [-0.2, -0.15) is 4.98 Å². The van der Waals surface area contributed by atoms with E-state index in [1.807, 2.05) is 24.3 Å². The monoisotopic (exact) mass is 424 g/mol. The molecule has 1 saturated heterocycles. The number of likely N-dealkylation sites (tertiary alicyclic amines) is 1. The minimum atomic E-state index is -0.0265. The van der Waals surface area contributed by atoms with Gasteiger partial charge in [0, 0.05) is 23.7 Å². The minimum Gasteiger partial charge on any atom is -0.352 e. The number of nitrogens with zero attached hydrogens (tertiary/aromatic N) is 3. The number of piperidine rings is 1. The molecule has 1 N–H and O–H groups in total. The van der Waals surface area contributed by atoms with Gasteiger partial charge in [-0.25, -0.2) is 0 Å². The second-order valence-electron chi connectivity index (χ2n) is 7.74. The van der Waals surface area contributed by atoms with Gasteiger partial charge in [-0.3, -0.25) is 9.69 Å². The highest BCUT2D eigenvalue weighted by Crippen LogP contribution is 2.21. The van der Waals surface area contributed by atoms with Crippen LogP contribution >= 0.6 is 11.6 Å². The van der Waals surface area contributed by atoms with E-state index in [2.05, 4.69) is 39.4 Å². The molecular formula is C23H25ClN4O2. The van der Waals surface area contributed by atoms with Crippen molar-refractivity contribution in [2.45, 2.75) is 32.9 Å². The normalized spacial score (nSPS) is 17.1. The van der Waals surface area contributed by atoms with Crippen molar-refractivity contribution in [2.24, 2.45) is 5.92 Å². The molecule has 1 amide bonds. The van der Waals surface area contributed by atoms with E-state index in [1.165, 1.54) is 5.56 Å². The Hall–Kier alpha value is -2.70. The van der Waals surface area contributed by atoms with E-state index in [4.69, 9.17) is 16.1 Å². The summed E-state index contributed by atoms with van der Waals surface area (Å²) in [5, 5.41) is 7.84. The molecule has 0 radical (unpaired) electrons. The van der Waals surface area contributed by atoms with Gasteiger partial charge in [0.25, 0.3) is 0 Å². The second-order valence-corrected chi connectivity index (χ2v) is 8.17. The molecule has 1 aromatic heterocycles. The van der Waals surface area contributed by atoms with Crippen molar-refractivity contribution in [3.8, 4) is 11.4 Å². The quantitative estimate of drug-likeness (QED) is 0.641. The maximum absolute atomic E-state index is 12.7. The van der Waals surface area contributed by atoms with E-state index < -0.39 is 0 Å². The van der Waals surface area contributed by atoms with Crippen molar-refractivity contribution in [3.05, 3.63) is 70.6 Å². The molecule has 0 bridgehead atoms. The highest BCUT2D eigenvalue weighted by Gasteiger charge is 2.26. The number of carbonyl (C=O) groups excluding carboxylic acids is 1. The topological polar surface area (TPSA) is 71.3 Å². The van der Waals surface area contributed by atoms with Gasteiger partial charge in [0.1, 0.15) is 0 Å². The van der Waals surface area contributed by atoms with E-state index in [0.717, 1.165) is 30.5 Å². The van der Waals surface area contributed by atoms with Gasteiger partial charge in [0.15, 0.2) is 0 Å². The molecule has 6 nitrogen and oxygen atoms in total. The second kappa shape index (κ2) is 9.41. The summed E-state index contributed by atoms with van der Waals surface area (Å²) in [6, 6.07) is 15.5. The number of halogens is 1. The zero-order valence-electron chi connectivity index (χ0n) is 17.0. The SMILES string of the molecule is Cc1ccccc1CNC(=O)C1CCCN(Cc2nc(-c3ccc(Cl)cc3)no2)C1. The standard InChI is InChI=1S/C23H25ClN4O2/c1-16-5-2-3-6-18(16)13-25-23(29)19-7-4-12-28(14-19)15-21-26-22(27-30-21)17-8-10-20(24)11-9-17/h2-3,5-6,8-11,19H,4,7,12-15H2,1H3,(H,25,29). The number of aromatic nitrogens is 2. The fourth-order valence-corrected chi connectivity index (χ4v) is 3.90. The smallest absolute Gasteiger partial charge is 0.241 e. The predicted octanol–water partition coefficient (Wildman–Crippen LogP) is 4.23. The molecule has 0 spiro atoms. The zero-order valence-corrected chi connectivity index (χ0v) is 17.7. The Morgan fingerprint density at radius 1 is 1.23 bits per heavy atom. The maximum atomic E-state index is 12.7. The van der Waals surface area contributed by atoms with Crippen molar-refractivity contribution < 1.29 is 9.32 Å². The number of nitrogens with one attached hydrogen (secondary N) is 1. The third-order valence-corrected chi connectivity index (χ3v) is 5.77. The van der Waals surface area contributed by atoms with Gasteiger partial charge in [-0.05, 0) is 61.7 Å². The van der Waals surface area contributed by atoms with Gasteiger partial charge in [0.05, 0.1) is 12.5 Å². The Bertz CT molecular complexity index is 1000. The highest BCUT2D eigenvalue weighted by atomic mass is 35.5. The Morgan fingerprint density at radius 3 is 2.83 bits per heavy atom. The molecule has 0 saturated carbocycles. The van der Waals surface area contributed by atoms with Crippen LogP contribution in [0.2, 0.25) is 5.02 Å². The van der Waals surface area contributed by atoms with Crippen LogP contribution in [0.15, 0.2) is 53.1 Å². The average Bonchev–Trinajstić information content (AvgIpc) is 3.22. The van der Waals surface area contributed by atoms with Crippen LogP contribution in [0.5, 0.6) is 0 Å². The van der Waals surface area contributed by atoms with Crippen LogP contribution in [0.3, 0.4) is 0 Å². The number of hydrogen-bond donors (Lipinski definition) is 1. The largest absolute Gasteiger partial charge is 0.352 e. The summed E-state index contributed by atoms with van der Waals surface area (Å²) >= 11 is 5.93. The number of rotatable bonds is 6. The summed E-state index contributed by atoms with van der Waals surface area (Å²) in [4.78, 5) is 19.4. The first-order chi connectivity index (χ1) is 14.6. The van der Waals surface area contributed by atoms with Crippen molar-refractivity contribution in [1.82, 2.24) is 20.4 Å². The van der Waals surface area contributed by atoms with Crippen LogP contribution in [0.25, 0.3) is 11.4 Å². The highest BCUT2D eigenvalue weighted by molar-refractivity contribution is 6.30. The Morgan fingerprint density at radius 2 is 2.03 bits per heavy atom. The van der Waals surface area contributed by atoms with E-state index in [9.17, 15) is 4.79 Å². The molecule has 1 unspecified atom stereocenters. The average molecular weight is 425 g/mol. The Balaban J connectivity index is 1.32. The number of benzene rings is 2. The van der Waals surface area contributed by atoms with Crippen LogP contribution in [0.1, 0.15) is 29.9 Å².